The van der Waals surface area contributed by atoms with E-state index in [0.29, 0.717) is 6.54 Å². The molecule has 138 valence electrons. The van der Waals surface area contributed by atoms with Gasteiger partial charge in [0.1, 0.15) is 5.75 Å². The molecule has 0 aliphatic heterocycles. The second-order valence-electron chi connectivity index (χ2n) is 5.73. The van der Waals surface area contributed by atoms with Gasteiger partial charge in [0.05, 0.1) is 12.8 Å². The lowest BCUT2D eigenvalue weighted by Gasteiger charge is -2.12. The van der Waals surface area contributed by atoms with Crippen molar-refractivity contribution in [2.24, 2.45) is 12.0 Å². The average molecular weight is 457 g/mol. The molecule has 0 saturated heterocycles. The fraction of sp³-hybridized carbons (Fsp3) is 0.444. The van der Waals surface area contributed by atoms with Crippen LogP contribution in [0.3, 0.4) is 0 Å². The second kappa shape index (κ2) is 10.3. The van der Waals surface area contributed by atoms with Crippen LogP contribution in [0, 0.1) is 13.8 Å². The lowest BCUT2D eigenvalue weighted by Crippen LogP contribution is -2.38. The van der Waals surface area contributed by atoms with Crippen LogP contribution >= 0.6 is 24.0 Å². The maximum Gasteiger partial charge on any atom is 0.191 e. The first kappa shape index (κ1) is 21.3. The molecule has 0 radical (unpaired) electrons. The molecular formula is C18H28IN5O. The monoisotopic (exact) mass is 457 g/mol. The Morgan fingerprint density at radius 2 is 2.04 bits per heavy atom. The van der Waals surface area contributed by atoms with Gasteiger partial charge in [0, 0.05) is 38.4 Å². The zero-order chi connectivity index (χ0) is 17.5. The Balaban J connectivity index is 0.00000312. The van der Waals surface area contributed by atoms with Crippen LogP contribution in [-0.2, 0) is 20.0 Å². The number of nitrogens with zero attached hydrogens (tertiary/aromatic N) is 3. The molecule has 25 heavy (non-hydrogen) atoms. The maximum absolute atomic E-state index is 5.25. The van der Waals surface area contributed by atoms with Crippen molar-refractivity contribution in [1.29, 1.82) is 0 Å². The molecular weight excluding hydrogens is 429 g/mol. The molecule has 0 amide bonds. The van der Waals surface area contributed by atoms with Crippen LogP contribution in [0.1, 0.15) is 22.5 Å². The summed E-state index contributed by atoms with van der Waals surface area (Å²) in [5.41, 5.74) is 4.67. The van der Waals surface area contributed by atoms with Gasteiger partial charge in [-0.2, -0.15) is 5.10 Å². The highest BCUT2D eigenvalue weighted by Gasteiger charge is 2.09. The topological polar surface area (TPSA) is 63.5 Å². The van der Waals surface area contributed by atoms with Crippen LogP contribution in [0.4, 0.5) is 0 Å². The molecule has 0 fully saturated rings. The first-order chi connectivity index (χ1) is 11.5. The van der Waals surface area contributed by atoms with Crippen molar-refractivity contribution in [2.75, 3.05) is 20.7 Å². The maximum atomic E-state index is 5.25. The standard InChI is InChI=1S/C18H27N5O.HI/c1-13-17(14(2)23(4)22-13)12-21-18(19-3)20-10-9-15-7-6-8-16(11-15)24-5;/h6-8,11H,9-10,12H2,1-5H3,(H2,19,20,21);1H. The molecule has 0 spiro atoms. The molecule has 2 rings (SSSR count). The third-order valence-electron chi connectivity index (χ3n) is 4.16. The Bertz CT molecular complexity index is 711. The number of benzene rings is 1. The largest absolute Gasteiger partial charge is 0.497 e. The summed E-state index contributed by atoms with van der Waals surface area (Å²) in [6.45, 7) is 5.63. The molecule has 0 atom stereocenters. The molecule has 1 aromatic carbocycles. The number of nitrogens with one attached hydrogen (secondary N) is 2. The summed E-state index contributed by atoms with van der Waals surface area (Å²) in [6, 6.07) is 8.12. The van der Waals surface area contributed by atoms with Gasteiger partial charge in [-0.25, -0.2) is 0 Å². The van der Waals surface area contributed by atoms with E-state index in [1.165, 1.54) is 16.8 Å². The van der Waals surface area contributed by atoms with Gasteiger partial charge >= 0.3 is 0 Å². The molecule has 0 bridgehead atoms. The van der Waals surface area contributed by atoms with Gasteiger partial charge in [0.15, 0.2) is 5.96 Å². The summed E-state index contributed by atoms with van der Waals surface area (Å²) in [7, 11) is 5.43. The Hall–Kier alpha value is -1.77. The number of aromatic nitrogens is 2. The predicted molar refractivity (Wildman–Crippen MR) is 113 cm³/mol. The Kier molecular flexibility index (Phi) is 8.74. The van der Waals surface area contributed by atoms with Gasteiger partial charge < -0.3 is 15.4 Å². The van der Waals surface area contributed by atoms with Crippen molar-refractivity contribution in [3.8, 4) is 5.75 Å². The fourth-order valence-corrected chi connectivity index (χ4v) is 2.62. The number of aryl methyl sites for hydroxylation is 2. The minimum Gasteiger partial charge on any atom is -0.497 e. The molecule has 6 nitrogen and oxygen atoms in total. The van der Waals surface area contributed by atoms with Crippen molar-refractivity contribution in [3.63, 3.8) is 0 Å². The zero-order valence-corrected chi connectivity index (χ0v) is 17.9. The van der Waals surface area contributed by atoms with E-state index in [4.69, 9.17) is 4.74 Å². The van der Waals surface area contributed by atoms with Gasteiger partial charge in [-0.1, -0.05) is 12.1 Å². The van der Waals surface area contributed by atoms with Crippen LogP contribution in [0.5, 0.6) is 5.75 Å². The minimum atomic E-state index is 0. The van der Waals surface area contributed by atoms with Crippen LogP contribution in [0.15, 0.2) is 29.3 Å². The normalized spacial score (nSPS) is 11.0. The average Bonchev–Trinajstić information content (AvgIpc) is 2.83. The number of guanidine groups is 1. The number of rotatable bonds is 6. The van der Waals surface area contributed by atoms with Crippen LogP contribution in [-0.4, -0.2) is 36.4 Å². The van der Waals surface area contributed by atoms with Crippen LogP contribution in [0.2, 0.25) is 0 Å². The smallest absolute Gasteiger partial charge is 0.191 e. The van der Waals surface area contributed by atoms with E-state index in [2.05, 4.69) is 39.8 Å². The third-order valence-corrected chi connectivity index (χ3v) is 4.16. The molecule has 0 aliphatic rings. The van der Waals surface area contributed by atoms with Gasteiger partial charge in [0.25, 0.3) is 0 Å². The van der Waals surface area contributed by atoms with Gasteiger partial charge in [-0.3, -0.25) is 9.67 Å². The van der Waals surface area contributed by atoms with Crippen molar-refractivity contribution < 1.29 is 4.74 Å². The molecule has 7 heteroatoms. The summed E-state index contributed by atoms with van der Waals surface area (Å²) in [5.74, 6) is 1.68. The quantitative estimate of drug-likeness (QED) is 0.398. The Morgan fingerprint density at radius 3 is 2.64 bits per heavy atom. The van der Waals surface area contributed by atoms with Crippen molar-refractivity contribution >= 4 is 29.9 Å². The molecule has 0 unspecified atom stereocenters. The number of methoxy groups -OCH3 is 1. The second-order valence-corrected chi connectivity index (χ2v) is 5.73. The van der Waals surface area contributed by atoms with Gasteiger partial charge in [-0.15, -0.1) is 24.0 Å². The van der Waals surface area contributed by atoms with Crippen molar-refractivity contribution in [1.82, 2.24) is 20.4 Å². The van der Waals surface area contributed by atoms with E-state index >= 15 is 0 Å². The van der Waals surface area contributed by atoms with E-state index < -0.39 is 0 Å². The number of halogens is 1. The predicted octanol–water partition coefficient (Wildman–Crippen LogP) is 2.57. The molecule has 0 aliphatic carbocycles. The molecule has 0 saturated carbocycles. The summed E-state index contributed by atoms with van der Waals surface area (Å²) >= 11 is 0. The number of ether oxygens (including phenoxy) is 1. The lowest BCUT2D eigenvalue weighted by atomic mass is 10.1. The van der Waals surface area contributed by atoms with Crippen molar-refractivity contribution in [3.05, 3.63) is 46.8 Å². The Morgan fingerprint density at radius 1 is 1.28 bits per heavy atom. The molecule has 1 aromatic heterocycles. The van der Waals surface area contributed by atoms with E-state index in [9.17, 15) is 0 Å². The Labute approximate surface area is 167 Å². The molecule has 2 N–H and O–H groups in total. The summed E-state index contributed by atoms with van der Waals surface area (Å²) in [5, 5.41) is 11.1. The van der Waals surface area contributed by atoms with E-state index in [1.807, 2.05) is 30.8 Å². The molecule has 1 heterocycles. The molecule has 2 aromatic rings. The highest BCUT2D eigenvalue weighted by molar-refractivity contribution is 14.0. The van der Waals surface area contributed by atoms with E-state index in [-0.39, 0.29) is 24.0 Å². The summed E-state index contributed by atoms with van der Waals surface area (Å²) < 4.78 is 7.16. The van der Waals surface area contributed by atoms with Gasteiger partial charge in [-0.05, 0) is 38.0 Å². The number of hydrogen-bond donors (Lipinski definition) is 2. The highest BCUT2D eigenvalue weighted by Crippen LogP contribution is 2.13. The summed E-state index contributed by atoms with van der Waals surface area (Å²) in [4.78, 5) is 4.28. The number of aliphatic imine (C=N–C) groups is 1. The minimum absolute atomic E-state index is 0. The van der Waals surface area contributed by atoms with E-state index in [0.717, 1.165) is 30.4 Å². The lowest BCUT2D eigenvalue weighted by molar-refractivity contribution is 0.414. The number of hydrogen-bond acceptors (Lipinski definition) is 3. The first-order valence-corrected chi connectivity index (χ1v) is 8.11. The SMILES string of the molecule is CN=C(NCCc1cccc(OC)c1)NCc1c(C)nn(C)c1C.I. The van der Waals surface area contributed by atoms with Crippen LogP contribution < -0.4 is 15.4 Å². The first-order valence-electron chi connectivity index (χ1n) is 8.11. The fourth-order valence-electron chi connectivity index (χ4n) is 2.62. The zero-order valence-electron chi connectivity index (χ0n) is 15.6. The van der Waals surface area contributed by atoms with Crippen LogP contribution in [0.25, 0.3) is 0 Å². The highest BCUT2D eigenvalue weighted by atomic mass is 127. The third kappa shape index (κ3) is 5.91. The van der Waals surface area contributed by atoms with Gasteiger partial charge in [0.2, 0.25) is 0 Å². The van der Waals surface area contributed by atoms with E-state index in [1.54, 1.807) is 14.2 Å². The van der Waals surface area contributed by atoms with Crippen molar-refractivity contribution in [2.45, 2.75) is 26.8 Å². The summed E-state index contributed by atoms with van der Waals surface area (Å²) in [6.07, 6.45) is 0.906.